The maximum Gasteiger partial charge on any atom is 0.357 e. The van der Waals surface area contributed by atoms with Gasteiger partial charge >= 0.3 is 10.8 Å². The van der Waals surface area contributed by atoms with Gasteiger partial charge in [-0.15, -0.1) is 0 Å². The Bertz CT molecular complexity index is 408. The highest BCUT2D eigenvalue weighted by Gasteiger charge is 2.67. The van der Waals surface area contributed by atoms with Gasteiger partial charge in [-0.05, 0) is 35.3 Å². The molecule has 0 spiro atoms. The van der Waals surface area contributed by atoms with Crippen LogP contribution in [0, 0.1) is 0 Å². The van der Waals surface area contributed by atoms with E-state index in [1.165, 1.54) is 6.07 Å². The van der Waals surface area contributed by atoms with Crippen molar-refractivity contribution in [2.45, 2.75) is 22.8 Å². The Hall–Kier alpha value is -0.790. The first-order valence-electron chi connectivity index (χ1n) is 4.41. The average Bonchev–Trinajstić information content (AvgIpc) is 2.66. The lowest BCUT2D eigenvalue weighted by Crippen LogP contribution is -2.56. The molecule has 102 valence electrons. The van der Waals surface area contributed by atoms with Crippen molar-refractivity contribution in [2.24, 2.45) is 0 Å². The minimum absolute atomic E-state index is 0.477. The minimum atomic E-state index is -4.81. The number of carbonyl (C=O) groups is 1. The second-order valence-electron chi connectivity index (χ2n) is 3.43. The third kappa shape index (κ3) is 2.78. The van der Waals surface area contributed by atoms with Gasteiger partial charge in [-0.3, -0.25) is 4.79 Å². The number of hydrogen-bond donors (Lipinski definition) is 1. The van der Waals surface area contributed by atoms with Gasteiger partial charge in [0.15, 0.2) is 5.76 Å². The van der Waals surface area contributed by atoms with Crippen LogP contribution in [-0.2, 0) is 0 Å². The highest BCUT2D eigenvalue weighted by Crippen LogP contribution is 2.48. The number of ketones is 1. The van der Waals surface area contributed by atoms with Crippen LogP contribution in [0.25, 0.3) is 0 Å². The molecule has 1 aromatic heterocycles. The van der Waals surface area contributed by atoms with Gasteiger partial charge in [0.2, 0.25) is 11.4 Å². The highest BCUT2D eigenvalue weighted by molar-refractivity contribution is 6.26. The van der Waals surface area contributed by atoms with Crippen LogP contribution in [0.4, 0.5) is 17.6 Å². The molecule has 0 aliphatic carbocycles. The van der Waals surface area contributed by atoms with E-state index < -0.39 is 34.3 Å². The maximum absolute atomic E-state index is 12.8. The van der Waals surface area contributed by atoms with Crippen LogP contribution in [0.15, 0.2) is 22.8 Å². The molecular formula is C9H6Cl2F4O3. The standard InChI is InChI=1S/C9H6Cl2F4O3/c10-8(12,13)7(17,9(11,14)15)4-5(16)6-2-1-3-18-6/h1-3,17H,4H2. The van der Waals surface area contributed by atoms with E-state index in [9.17, 15) is 27.5 Å². The molecule has 9 heteroatoms. The molecule has 0 aliphatic rings. The topological polar surface area (TPSA) is 50.4 Å². The number of Topliss-reactive ketones (excluding diaryl/α,β-unsaturated/α-hetero) is 1. The summed E-state index contributed by atoms with van der Waals surface area (Å²) < 4.78 is 55.9. The van der Waals surface area contributed by atoms with Crippen molar-refractivity contribution in [1.82, 2.24) is 0 Å². The fourth-order valence-electron chi connectivity index (χ4n) is 1.12. The van der Waals surface area contributed by atoms with Crippen LogP contribution < -0.4 is 0 Å². The molecule has 0 unspecified atom stereocenters. The lowest BCUT2D eigenvalue weighted by atomic mass is 9.96. The molecule has 3 nitrogen and oxygen atoms in total. The summed E-state index contributed by atoms with van der Waals surface area (Å²) in [5, 5.41) is -0.383. The summed E-state index contributed by atoms with van der Waals surface area (Å²) in [7, 11) is 0. The van der Waals surface area contributed by atoms with Crippen molar-refractivity contribution in [3.63, 3.8) is 0 Å². The first-order chi connectivity index (χ1) is 7.99. The van der Waals surface area contributed by atoms with Crippen molar-refractivity contribution in [3.8, 4) is 0 Å². The van der Waals surface area contributed by atoms with Gasteiger partial charge in [0.1, 0.15) is 0 Å². The normalized spacial score (nSPS) is 13.7. The summed E-state index contributed by atoms with van der Waals surface area (Å²) in [4.78, 5) is 11.4. The molecule has 0 bridgehead atoms. The molecule has 1 N–H and O–H groups in total. The Morgan fingerprint density at radius 3 is 2.11 bits per heavy atom. The summed E-state index contributed by atoms with van der Waals surface area (Å²) in [5.74, 6) is -1.77. The SMILES string of the molecule is O=C(CC(O)(C(F)(F)Cl)C(F)(F)Cl)c1ccco1. The molecule has 0 saturated carbocycles. The molecule has 0 amide bonds. The molecule has 1 aromatic rings. The van der Waals surface area contributed by atoms with Gasteiger partial charge in [0.25, 0.3) is 0 Å². The zero-order chi connectivity index (χ0) is 14.2. The van der Waals surface area contributed by atoms with Crippen molar-refractivity contribution in [1.29, 1.82) is 0 Å². The van der Waals surface area contributed by atoms with Gasteiger partial charge in [-0.1, -0.05) is 0 Å². The molecule has 0 saturated heterocycles. The largest absolute Gasteiger partial charge is 0.461 e. The number of halogens is 6. The van der Waals surface area contributed by atoms with E-state index in [4.69, 9.17) is 0 Å². The lowest BCUT2D eigenvalue weighted by molar-refractivity contribution is -0.214. The smallest absolute Gasteiger partial charge is 0.357 e. The summed E-state index contributed by atoms with van der Waals surface area (Å²) in [6, 6.07) is 2.30. The molecule has 0 radical (unpaired) electrons. The van der Waals surface area contributed by atoms with Crippen LogP contribution in [0.3, 0.4) is 0 Å². The average molecular weight is 309 g/mol. The summed E-state index contributed by atoms with van der Waals surface area (Å²) in [5.41, 5.74) is -4.23. The Balaban J connectivity index is 3.05. The van der Waals surface area contributed by atoms with Crippen LogP contribution in [0.2, 0.25) is 0 Å². The molecule has 0 atom stereocenters. The van der Waals surface area contributed by atoms with Gasteiger partial charge in [-0.2, -0.15) is 17.6 Å². The quantitative estimate of drug-likeness (QED) is 0.516. The van der Waals surface area contributed by atoms with Crippen molar-refractivity contribution < 1.29 is 31.9 Å². The Morgan fingerprint density at radius 2 is 1.78 bits per heavy atom. The first-order valence-corrected chi connectivity index (χ1v) is 5.17. The van der Waals surface area contributed by atoms with E-state index in [1.54, 1.807) is 0 Å². The second kappa shape index (κ2) is 4.71. The number of carbonyl (C=O) groups excluding carboxylic acids is 1. The summed E-state index contributed by atoms with van der Waals surface area (Å²) >= 11 is 8.80. The van der Waals surface area contributed by atoms with Crippen molar-refractivity contribution >= 4 is 29.0 Å². The van der Waals surface area contributed by atoms with Gasteiger partial charge < -0.3 is 9.52 Å². The number of hydrogen-bond acceptors (Lipinski definition) is 3. The zero-order valence-electron chi connectivity index (χ0n) is 8.47. The van der Waals surface area contributed by atoms with Crippen LogP contribution in [0.5, 0.6) is 0 Å². The molecule has 18 heavy (non-hydrogen) atoms. The van der Waals surface area contributed by atoms with Gasteiger partial charge in [0, 0.05) is 0 Å². The Labute approximate surface area is 108 Å². The fraction of sp³-hybridized carbons (Fsp3) is 0.444. The first kappa shape index (κ1) is 15.3. The van der Waals surface area contributed by atoms with E-state index in [0.29, 0.717) is 0 Å². The predicted octanol–water partition coefficient (Wildman–Crippen LogP) is 3.25. The van der Waals surface area contributed by atoms with Crippen LogP contribution in [0.1, 0.15) is 17.0 Å². The van der Waals surface area contributed by atoms with E-state index in [2.05, 4.69) is 27.6 Å². The minimum Gasteiger partial charge on any atom is -0.461 e. The molecule has 0 aromatic carbocycles. The van der Waals surface area contributed by atoms with Gasteiger partial charge in [0.05, 0.1) is 12.7 Å². The van der Waals surface area contributed by atoms with E-state index in [-0.39, 0.29) is 0 Å². The van der Waals surface area contributed by atoms with Crippen molar-refractivity contribution in [3.05, 3.63) is 24.2 Å². The van der Waals surface area contributed by atoms with E-state index >= 15 is 0 Å². The lowest BCUT2D eigenvalue weighted by Gasteiger charge is -2.33. The Morgan fingerprint density at radius 1 is 1.28 bits per heavy atom. The molecule has 1 rings (SSSR count). The van der Waals surface area contributed by atoms with Gasteiger partial charge in [-0.25, -0.2) is 0 Å². The summed E-state index contributed by atoms with van der Waals surface area (Å²) in [6.45, 7) is 0. The molecular weight excluding hydrogens is 303 g/mol. The monoisotopic (exact) mass is 308 g/mol. The van der Waals surface area contributed by atoms with Crippen LogP contribution in [-0.4, -0.2) is 27.3 Å². The number of alkyl halides is 6. The number of aliphatic hydroxyl groups is 1. The Kier molecular flexibility index (Phi) is 4.00. The van der Waals surface area contributed by atoms with Crippen LogP contribution >= 0.6 is 23.2 Å². The second-order valence-corrected chi connectivity index (χ2v) is 4.38. The predicted molar refractivity (Wildman–Crippen MR) is 54.2 cm³/mol. The van der Waals surface area contributed by atoms with Crippen molar-refractivity contribution in [2.75, 3.05) is 0 Å². The van der Waals surface area contributed by atoms with E-state index in [1.807, 2.05) is 0 Å². The fourth-order valence-corrected chi connectivity index (χ4v) is 1.54. The zero-order valence-corrected chi connectivity index (χ0v) is 9.98. The highest BCUT2D eigenvalue weighted by atomic mass is 35.5. The van der Waals surface area contributed by atoms with E-state index in [0.717, 1.165) is 12.3 Å². The summed E-state index contributed by atoms with van der Waals surface area (Å²) in [6.07, 6.45) is -0.669. The molecule has 1 heterocycles. The number of furan rings is 1. The number of rotatable bonds is 5. The third-order valence-electron chi connectivity index (χ3n) is 2.15. The molecule has 0 fully saturated rings. The molecule has 0 aliphatic heterocycles. The maximum atomic E-state index is 12.8. The third-order valence-corrected chi connectivity index (χ3v) is 2.78.